The highest BCUT2D eigenvalue weighted by Crippen LogP contribution is 2.39. The smallest absolute Gasteiger partial charge is 0.0568 e. The Morgan fingerprint density at radius 2 is 1.71 bits per heavy atom. The van der Waals surface area contributed by atoms with Crippen molar-refractivity contribution in [2.75, 3.05) is 31.1 Å². The van der Waals surface area contributed by atoms with Gasteiger partial charge in [0.1, 0.15) is 0 Å². The number of piperazine rings is 1. The Hall–Kier alpha value is -1.53. The van der Waals surface area contributed by atoms with E-state index in [1.165, 1.54) is 31.1 Å². The molecule has 2 aromatic rings. The molecule has 0 aliphatic carbocycles. The standard InChI is InChI=1S/C18H20BrN3OS/c1-13-7-8-16(14(2)18(13)19)24-17-6-4-3-5-15(17)21-9-11-22(20-23)12-10-21/h3-8H,9-12H2,1-2H3. The molecule has 1 heterocycles. The molecule has 1 saturated heterocycles. The lowest BCUT2D eigenvalue weighted by molar-refractivity contribution is 0.266. The van der Waals surface area contributed by atoms with Crippen LogP contribution in [0.2, 0.25) is 0 Å². The van der Waals surface area contributed by atoms with Crippen LogP contribution in [0.3, 0.4) is 0 Å². The maximum absolute atomic E-state index is 10.7. The first kappa shape index (κ1) is 17.3. The number of benzene rings is 2. The Morgan fingerprint density at radius 3 is 2.42 bits per heavy atom. The molecule has 0 N–H and O–H groups in total. The van der Waals surface area contributed by atoms with E-state index in [1.807, 2.05) is 0 Å². The second-order valence-electron chi connectivity index (χ2n) is 5.91. The van der Waals surface area contributed by atoms with Crippen molar-refractivity contribution in [3.8, 4) is 0 Å². The number of nitrogens with zero attached hydrogens (tertiary/aromatic N) is 3. The minimum Gasteiger partial charge on any atom is -0.367 e. The molecule has 0 radical (unpaired) electrons. The molecular formula is C18H20BrN3OS. The number of nitroso groups, excluding NO2 is 1. The van der Waals surface area contributed by atoms with Gasteiger partial charge >= 0.3 is 0 Å². The van der Waals surface area contributed by atoms with Crippen LogP contribution in [0.25, 0.3) is 0 Å². The van der Waals surface area contributed by atoms with Crippen LogP contribution < -0.4 is 4.90 Å². The van der Waals surface area contributed by atoms with Crippen LogP contribution in [-0.2, 0) is 0 Å². The predicted molar refractivity (Wildman–Crippen MR) is 104 cm³/mol. The van der Waals surface area contributed by atoms with E-state index in [0.29, 0.717) is 13.1 Å². The first-order chi connectivity index (χ1) is 11.6. The molecule has 2 aromatic carbocycles. The Kier molecular flexibility index (Phi) is 5.46. The van der Waals surface area contributed by atoms with Gasteiger partial charge in [-0.3, -0.25) is 5.01 Å². The van der Waals surface area contributed by atoms with Gasteiger partial charge < -0.3 is 4.90 Å². The second kappa shape index (κ2) is 7.57. The normalized spacial score (nSPS) is 14.8. The fourth-order valence-corrected chi connectivity index (χ4v) is 4.41. The summed E-state index contributed by atoms with van der Waals surface area (Å²) < 4.78 is 1.18. The maximum atomic E-state index is 10.7. The number of aryl methyl sites for hydroxylation is 1. The summed E-state index contributed by atoms with van der Waals surface area (Å²) in [4.78, 5) is 15.5. The Balaban J connectivity index is 1.85. The number of rotatable bonds is 4. The zero-order valence-electron chi connectivity index (χ0n) is 13.8. The third kappa shape index (κ3) is 3.59. The van der Waals surface area contributed by atoms with Crippen LogP contribution in [0.1, 0.15) is 11.1 Å². The zero-order valence-corrected chi connectivity index (χ0v) is 16.2. The number of halogens is 1. The molecular weight excluding hydrogens is 386 g/mol. The minimum absolute atomic E-state index is 0.678. The van der Waals surface area contributed by atoms with E-state index in [4.69, 9.17) is 0 Å². The van der Waals surface area contributed by atoms with Crippen LogP contribution >= 0.6 is 27.7 Å². The van der Waals surface area contributed by atoms with Crippen molar-refractivity contribution >= 4 is 33.4 Å². The summed E-state index contributed by atoms with van der Waals surface area (Å²) in [6.07, 6.45) is 0. The third-order valence-corrected chi connectivity index (χ3v) is 6.77. The van der Waals surface area contributed by atoms with Crippen LogP contribution in [0, 0.1) is 18.8 Å². The monoisotopic (exact) mass is 405 g/mol. The second-order valence-corrected chi connectivity index (χ2v) is 7.79. The van der Waals surface area contributed by atoms with E-state index in [0.717, 1.165) is 13.1 Å². The summed E-state index contributed by atoms with van der Waals surface area (Å²) in [5.41, 5.74) is 3.75. The van der Waals surface area contributed by atoms with Gasteiger partial charge in [-0.25, -0.2) is 0 Å². The van der Waals surface area contributed by atoms with Gasteiger partial charge in [0.25, 0.3) is 0 Å². The third-order valence-electron chi connectivity index (χ3n) is 4.33. The zero-order chi connectivity index (χ0) is 17.1. The summed E-state index contributed by atoms with van der Waals surface area (Å²) in [7, 11) is 0. The lowest BCUT2D eigenvalue weighted by atomic mass is 10.2. The molecule has 0 aromatic heterocycles. The van der Waals surface area contributed by atoms with Crippen molar-refractivity contribution in [2.24, 2.45) is 5.29 Å². The minimum atomic E-state index is 0.678. The van der Waals surface area contributed by atoms with Gasteiger partial charge in [0.2, 0.25) is 0 Å². The van der Waals surface area contributed by atoms with Crippen molar-refractivity contribution in [3.05, 3.63) is 56.9 Å². The summed E-state index contributed by atoms with van der Waals surface area (Å²) in [6, 6.07) is 12.8. The molecule has 6 heteroatoms. The van der Waals surface area contributed by atoms with E-state index in [-0.39, 0.29) is 0 Å². The van der Waals surface area contributed by atoms with Crippen molar-refractivity contribution in [3.63, 3.8) is 0 Å². The highest BCUT2D eigenvalue weighted by molar-refractivity contribution is 9.10. The van der Waals surface area contributed by atoms with Gasteiger partial charge in [0.05, 0.1) is 24.1 Å². The molecule has 3 rings (SSSR count). The molecule has 0 atom stereocenters. The highest BCUT2D eigenvalue weighted by Gasteiger charge is 2.19. The van der Waals surface area contributed by atoms with Gasteiger partial charge in [-0.2, -0.15) is 0 Å². The van der Waals surface area contributed by atoms with Gasteiger partial charge in [-0.1, -0.05) is 45.9 Å². The molecule has 4 nitrogen and oxygen atoms in total. The van der Waals surface area contributed by atoms with Crippen LogP contribution in [-0.4, -0.2) is 31.2 Å². The Bertz CT molecular complexity index is 745. The van der Waals surface area contributed by atoms with E-state index in [9.17, 15) is 4.91 Å². The summed E-state index contributed by atoms with van der Waals surface area (Å²) in [5.74, 6) is 0. The number of anilines is 1. The van der Waals surface area contributed by atoms with Gasteiger partial charge in [-0.15, -0.1) is 4.91 Å². The Morgan fingerprint density at radius 1 is 1.00 bits per heavy atom. The van der Waals surface area contributed by atoms with Crippen LogP contribution in [0.4, 0.5) is 5.69 Å². The van der Waals surface area contributed by atoms with E-state index in [2.05, 4.69) is 76.4 Å². The average Bonchev–Trinajstić information content (AvgIpc) is 2.63. The fourth-order valence-electron chi connectivity index (χ4n) is 2.85. The quantitative estimate of drug-likeness (QED) is 0.668. The summed E-state index contributed by atoms with van der Waals surface area (Å²) >= 11 is 5.48. The molecule has 0 saturated carbocycles. The fraction of sp³-hybridized carbons (Fsp3) is 0.333. The highest BCUT2D eigenvalue weighted by atomic mass is 79.9. The summed E-state index contributed by atoms with van der Waals surface area (Å²) in [6.45, 7) is 7.26. The predicted octanol–water partition coefficient (Wildman–Crippen LogP) is 5.02. The van der Waals surface area contributed by atoms with Gasteiger partial charge in [0.15, 0.2) is 0 Å². The van der Waals surface area contributed by atoms with Crippen LogP contribution in [0.15, 0.2) is 55.9 Å². The average molecular weight is 406 g/mol. The number of hydrogen-bond donors (Lipinski definition) is 0. The molecule has 126 valence electrons. The first-order valence-electron chi connectivity index (χ1n) is 7.96. The van der Waals surface area contributed by atoms with E-state index >= 15 is 0 Å². The lowest BCUT2D eigenvalue weighted by Crippen LogP contribution is -2.44. The SMILES string of the molecule is Cc1ccc(Sc2ccccc2N2CCN(N=O)CC2)c(C)c1Br. The molecule has 1 fully saturated rings. The molecule has 1 aliphatic rings. The van der Waals surface area contributed by atoms with Crippen molar-refractivity contribution in [1.29, 1.82) is 0 Å². The van der Waals surface area contributed by atoms with Gasteiger partial charge in [-0.05, 0) is 43.2 Å². The first-order valence-corrected chi connectivity index (χ1v) is 9.57. The topological polar surface area (TPSA) is 35.9 Å². The van der Waals surface area contributed by atoms with E-state index < -0.39 is 0 Å². The largest absolute Gasteiger partial charge is 0.367 e. The van der Waals surface area contributed by atoms with Crippen molar-refractivity contribution < 1.29 is 0 Å². The van der Waals surface area contributed by atoms with Crippen LogP contribution in [0.5, 0.6) is 0 Å². The number of hydrogen-bond acceptors (Lipinski definition) is 4. The molecule has 0 spiro atoms. The molecule has 0 bridgehead atoms. The molecule has 0 unspecified atom stereocenters. The van der Waals surface area contributed by atoms with Crippen molar-refractivity contribution in [1.82, 2.24) is 5.01 Å². The Labute approximate surface area is 155 Å². The van der Waals surface area contributed by atoms with E-state index in [1.54, 1.807) is 16.8 Å². The molecule has 0 amide bonds. The molecule has 1 aliphatic heterocycles. The van der Waals surface area contributed by atoms with Crippen molar-refractivity contribution in [2.45, 2.75) is 23.6 Å². The lowest BCUT2D eigenvalue weighted by Gasteiger charge is -2.34. The number of para-hydroxylation sites is 1. The summed E-state index contributed by atoms with van der Waals surface area (Å²) in [5, 5.41) is 4.63. The molecule has 24 heavy (non-hydrogen) atoms. The maximum Gasteiger partial charge on any atom is 0.0568 e. The van der Waals surface area contributed by atoms with Gasteiger partial charge in [0, 0.05) is 27.4 Å².